The van der Waals surface area contributed by atoms with Crippen LogP contribution in [0.25, 0.3) is 0 Å². The molecule has 1 aromatic heterocycles. The Bertz CT molecular complexity index is 600. The Morgan fingerprint density at radius 3 is 2.65 bits per heavy atom. The number of hydrogen-bond acceptors (Lipinski definition) is 4. The quantitative estimate of drug-likeness (QED) is 0.588. The molecule has 5 nitrogen and oxygen atoms in total. The summed E-state index contributed by atoms with van der Waals surface area (Å²) in [6.45, 7) is 1.82. The van der Waals surface area contributed by atoms with Gasteiger partial charge in [-0.25, -0.2) is 4.39 Å². The Hall–Kier alpha value is -2.47. The second kappa shape index (κ2) is 6.12. The number of aromatic nitrogens is 1. The fourth-order valence-corrected chi connectivity index (χ4v) is 1.75. The number of nitrogens with zero attached hydrogens (tertiary/aromatic N) is 1. The van der Waals surface area contributed by atoms with E-state index in [2.05, 4.69) is 15.7 Å². The van der Waals surface area contributed by atoms with E-state index in [4.69, 9.17) is 5.84 Å². The summed E-state index contributed by atoms with van der Waals surface area (Å²) in [5, 5.41) is 2.79. The van der Waals surface area contributed by atoms with Gasteiger partial charge < -0.3 is 10.7 Å². The molecule has 0 saturated heterocycles. The maximum atomic E-state index is 12.8. The third kappa shape index (κ3) is 3.30. The molecular formula is C14H15FN4O. The molecule has 1 amide bonds. The molecule has 1 heterocycles. The average Bonchev–Trinajstić information content (AvgIpc) is 2.47. The number of pyridine rings is 1. The van der Waals surface area contributed by atoms with Crippen LogP contribution in [0.3, 0.4) is 0 Å². The summed E-state index contributed by atoms with van der Waals surface area (Å²) >= 11 is 0. The Balaban J connectivity index is 2.08. The Kier molecular flexibility index (Phi) is 4.27. The zero-order chi connectivity index (χ0) is 14.5. The Morgan fingerprint density at radius 2 is 2.00 bits per heavy atom. The minimum Gasteiger partial charge on any atom is -0.344 e. The first-order valence-electron chi connectivity index (χ1n) is 6.09. The van der Waals surface area contributed by atoms with Crippen molar-refractivity contribution in [2.75, 3.05) is 5.43 Å². The van der Waals surface area contributed by atoms with Gasteiger partial charge in [-0.15, -0.1) is 0 Å². The summed E-state index contributed by atoms with van der Waals surface area (Å²) in [4.78, 5) is 16.0. The minimum absolute atomic E-state index is 0.251. The van der Waals surface area contributed by atoms with Gasteiger partial charge in [0.1, 0.15) is 11.5 Å². The summed E-state index contributed by atoms with van der Waals surface area (Å²) < 4.78 is 12.8. The molecule has 0 fully saturated rings. The van der Waals surface area contributed by atoms with Crippen LogP contribution in [0.5, 0.6) is 0 Å². The van der Waals surface area contributed by atoms with Crippen molar-refractivity contribution in [3.63, 3.8) is 0 Å². The molecule has 0 aliphatic rings. The molecular weight excluding hydrogens is 259 g/mol. The number of nitrogens with one attached hydrogen (secondary N) is 2. The molecule has 1 atom stereocenters. The molecule has 4 N–H and O–H groups in total. The van der Waals surface area contributed by atoms with Crippen molar-refractivity contribution in [2.45, 2.75) is 13.0 Å². The predicted molar refractivity (Wildman–Crippen MR) is 74.3 cm³/mol. The lowest BCUT2D eigenvalue weighted by Gasteiger charge is -2.14. The van der Waals surface area contributed by atoms with E-state index in [-0.39, 0.29) is 23.5 Å². The molecule has 0 bridgehead atoms. The van der Waals surface area contributed by atoms with Gasteiger partial charge in [0.15, 0.2) is 0 Å². The number of hydrogen-bond donors (Lipinski definition) is 3. The summed E-state index contributed by atoms with van der Waals surface area (Å²) in [7, 11) is 0. The second-order valence-electron chi connectivity index (χ2n) is 4.32. The maximum absolute atomic E-state index is 12.8. The number of hydrazine groups is 1. The Labute approximate surface area is 116 Å². The average molecular weight is 274 g/mol. The first-order valence-corrected chi connectivity index (χ1v) is 6.09. The van der Waals surface area contributed by atoms with Crippen molar-refractivity contribution in [3.05, 3.63) is 59.7 Å². The maximum Gasteiger partial charge on any atom is 0.270 e. The van der Waals surface area contributed by atoms with E-state index >= 15 is 0 Å². The monoisotopic (exact) mass is 274 g/mol. The largest absolute Gasteiger partial charge is 0.344 e. The second-order valence-corrected chi connectivity index (χ2v) is 4.32. The van der Waals surface area contributed by atoms with Gasteiger partial charge in [0, 0.05) is 6.20 Å². The lowest BCUT2D eigenvalue weighted by atomic mass is 10.1. The number of nitrogens with two attached hydrogens (primary N) is 1. The molecule has 104 valence electrons. The highest BCUT2D eigenvalue weighted by atomic mass is 19.1. The zero-order valence-electron chi connectivity index (χ0n) is 10.9. The normalized spacial score (nSPS) is 11.8. The van der Waals surface area contributed by atoms with Gasteiger partial charge in [-0.05, 0) is 36.8 Å². The Morgan fingerprint density at radius 1 is 1.30 bits per heavy atom. The number of rotatable bonds is 4. The van der Waals surface area contributed by atoms with Gasteiger partial charge in [-0.3, -0.25) is 15.6 Å². The van der Waals surface area contributed by atoms with Gasteiger partial charge in [0.25, 0.3) is 5.91 Å². The molecule has 0 spiro atoms. The van der Waals surface area contributed by atoms with Crippen molar-refractivity contribution >= 4 is 11.6 Å². The van der Waals surface area contributed by atoms with Crippen LogP contribution in [0.4, 0.5) is 10.1 Å². The third-order valence-electron chi connectivity index (χ3n) is 2.88. The van der Waals surface area contributed by atoms with Gasteiger partial charge in [-0.1, -0.05) is 12.1 Å². The van der Waals surface area contributed by atoms with Gasteiger partial charge in [-0.2, -0.15) is 0 Å². The number of benzene rings is 1. The smallest absolute Gasteiger partial charge is 0.270 e. The molecule has 0 aliphatic heterocycles. The van der Waals surface area contributed by atoms with E-state index in [1.54, 1.807) is 24.3 Å². The summed E-state index contributed by atoms with van der Waals surface area (Å²) in [5.74, 6) is 4.65. The summed E-state index contributed by atoms with van der Waals surface area (Å²) in [6.07, 6.45) is 1.49. The van der Waals surface area contributed by atoms with Crippen LogP contribution in [-0.2, 0) is 0 Å². The van der Waals surface area contributed by atoms with E-state index < -0.39 is 0 Å². The topological polar surface area (TPSA) is 80.0 Å². The van der Waals surface area contributed by atoms with Crippen LogP contribution < -0.4 is 16.6 Å². The highest BCUT2D eigenvalue weighted by Gasteiger charge is 2.12. The first kappa shape index (κ1) is 14.0. The molecule has 1 unspecified atom stereocenters. The molecule has 0 saturated carbocycles. The summed E-state index contributed by atoms with van der Waals surface area (Å²) in [6, 6.07) is 8.92. The van der Waals surface area contributed by atoms with Gasteiger partial charge >= 0.3 is 0 Å². The minimum atomic E-state index is -0.320. The first-order chi connectivity index (χ1) is 9.60. The van der Waals surface area contributed by atoms with E-state index in [9.17, 15) is 9.18 Å². The van der Waals surface area contributed by atoms with Crippen LogP contribution >= 0.6 is 0 Å². The number of carbonyl (C=O) groups is 1. The highest BCUT2D eigenvalue weighted by molar-refractivity contribution is 5.93. The van der Waals surface area contributed by atoms with Gasteiger partial charge in [0.05, 0.1) is 11.7 Å². The standard InChI is InChI=1S/C14H15FN4O/c1-9(10-2-4-11(15)5-3-10)18-14(20)13-8-12(19-16)6-7-17-13/h2-9H,16H2,1H3,(H,17,19)(H,18,20). The number of carbonyl (C=O) groups excluding carboxylic acids is 1. The fraction of sp³-hybridized carbons (Fsp3) is 0.143. The van der Waals surface area contributed by atoms with Crippen LogP contribution in [0.1, 0.15) is 29.0 Å². The molecule has 0 aliphatic carbocycles. The van der Waals surface area contributed by atoms with Gasteiger partial charge in [0.2, 0.25) is 0 Å². The third-order valence-corrected chi connectivity index (χ3v) is 2.88. The molecule has 6 heteroatoms. The van der Waals surface area contributed by atoms with E-state index in [0.29, 0.717) is 5.69 Å². The fourth-order valence-electron chi connectivity index (χ4n) is 1.75. The van der Waals surface area contributed by atoms with Crippen molar-refractivity contribution in [1.82, 2.24) is 10.3 Å². The van der Waals surface area contributed by atoms with Crippen LogP contribution in [0.15, 0.2) is 42.6 Å². The van der Waals surface area contributed by atoms with E-state index in [1.807, 2.05) is 6.92 Å². The SMILES string of the molecule is CC(NC(=O)c1cc(NN)ccn1)c1ccc(F)cc1. The lowest BCUT2D eigenvalue weighted by molar-refractivity contribution is 0.0935. The molecule has 20 heavy (non-hydrogen) atoms. The van der Waals surface area contributed by atoms with Crippen LogP contribution in [-0.4, -0.2) is 10.9 Å². The van der Waals surface area contributed by atoms with Crippen molar-refractivity contribution in [1.29, 1.82) is 0 Å². The van der Waals surface area contributed by atoms with Crippen molar-refractivity contribution in [3.8, 4) is 0 Å². The molecule has 0 radical (unpaired) electrons. The van der Waals surface area contributed by atoms with Crippen molar-refractivity contribution < 1.29 is 9.18 Å². The number of halogens is 1. The molecule has 1 aromatic carbocycles. The summed E-state index contributed by atoms with van der Waals surface area (Å²) in [5.41, 5.74) is 4.12. The van der Waals surface area contributed by atoms with Crippen LogP contribution in [0.2, 0.25) is 0 Å². The number of nitrogen functional groups attached to an aromatic ring is 1. The van der Waals surface area contributed by atoms with E-state index in [0.717, 1.165) is 5.56 Å². The van der Waals surface area contributed by atoms with Crippen LogP contribution in [0, 0.1) is 5.82 Å². The zero-order valence-corrected chi connectivity index (χ0v) is 10.9. The predicted octanol–water partition coefficient (Wildman–Crippen LogP) is 2.00. The van der Waals surface area contributed by atoms with Crippen molar-refractivity contribution in [2.24, 2.45) is 5.84 Å². The number of amides is 1. The molecule has 2 rings (SSSR count). The number of anilines is 1. The highest BCUT2D eigenvalue weighted by Crippen LogP contribution is 2.14. The molecule has 2 aromatic rings. The van der Waals surface area contributed by atoms with E-state index in [1.165, 1.54) is 18.3 Å². The lowest BCUT2D eigenvalue weighted by Crippen LogP contribution is -2.27.